The topological polar surface area (TPSA) is 47.6 Å². The van der Waals surface area contributed by atoms with E-state index in [1.165, 1.54) is 0 Å². The number of benzene rings is 1. The molecule has 0 spiro atoms. The SMILES string of the molecule is N#CSC(C#N)Cc1cccc(Cl)c1. The summed E-state index contributed by atoms with van der Waals surface area (Å²) in [5.41, 5.74) is 0.979. The highest BCUT2D eigenvalue weighted by molar-refractivity contribution is 8.04. The lowest BCUT2D eigenvalue weighted by Crippen LogP contribution is -2.02. The van der Waals surface area contributed by atoms with Crippen LogP contribution < -0.4 is 0 Å². The van der Waals surface area contributed by atoms with Crippen molar-refractivity contribution in [2.45, 2.75) is 11.7 Å². The Morgan fingerprint density at radius 3 is 2.79 bits per heavy atom. The number of hydrogen-bond acceptors (Lipinski definition) is 3. The maximum Gasteiger partial charge on any atom is 0.134 e. The largest absolute Gasteiger partial charge is 0.197 e. The van der Waals surface area contributed by atoms with E-state index in [9.17, 15) is 0 Å². The third-order valence-electron chi connectivity index (χ3n) is 1.65. The van der Waals surface area contributed by atoms with Gasteiger partial charge in [-0.2, -0.15) is 10.5 Å². The molecule has 0 aromatic heterocycles. The van der Waals surface area contributed by atoms with Crippen LogP contribution in [0.25, 0.3) is 0 Å². The molecule has 2 nitrogen and oxygen atoms in total. The summed E-state index contributed by atoms with van der Waals surface area (Å²) in [6.07, 6.45) is 0.551. The van der Waals surface area contributed by atoms with Crippen molar-refractivity contribution in [1.29, 1.82) is 10.5 Å². The first-order chi connectivity index (χ1) is 6.76. The lowest BCUT2D eigenvalue weighted by atomic mass is 10.1. The van der Waals surface area contributed by atoms with Crippen LogP contribution in [-0.4, -0.2) is 5.25 Å². The highest BCUT2D eigenvalue weighted by Crippen LogP contribution is 2.17. The highest BCUT2D eigenvalue weighted by Gasteiger charge is 2.08. The number of hydrogen-bond donors (Lipinski definition) is 0. The van der Waals surface area contributed by atoms with E-state index in [1.807, 2.05) is 23.6 Å². The molecule has 1 aromatic rings. The van der Waals surface area contributed by atoms with Gasteiger partial charge in [-0.3, -0.25) is 0 Å². The van der Waals surface area contributed by atoms with Crippen LogP contribution >= 0.6 is 23.4 Å². The van der Waals surface area contributed by atoms with Gasteiger partial charge in [0.05, 0.1) is 6.07 Å². The molecule has 0 saturated carbocycles. The number of thiocyanates is 1. The predicted molar refractivity (Wildman–Crippen MR) is 57.8 cm³/mol. The van der Waals surface area contributed by atoms with Gasteiger partial charge >= 0.3 is 0 Å². The van der Waals surface area contributed by atoms with Gasteiger partial charge in [0.2, 0.25) is 0 Å². The lowest BCUT2D eigenvalue weighted by molar-refractivity contribution is 1.03. The second kappa shape index (κ2) is 5.54. The first-order valence-corrected chi connectivity index (χ1v) is 5.21. The van der Waals surface area contributed by atoms with Crippen LogP contribution in [0, 0.1) is 22.0 Å². The molecule has 0 aliphatic rings. The predicted octanol–water partition coefficient (Wildman–Crippen LogP) is 2.99. The number of thioether (sulfide) groups is 1. The fourth-order valence-corrected chi connectivity index (χ4v) is 1.72. The van der Waals surface area contributed by atoms with Crippen molar-refractivity contribution in [3.05, 3.63) is 34.9 Å². The number of rotatable bonds is 3. The number of halogens is 1. The fraction of sp³-hybridized carbons (Fsp3) is 0.200. The smallest absolute Gasteiger partial charge is 0.134 e. The molecule has 1 atom stereocenters. The third-order valence-corrected chi connectivity index (χ3v) is 2.55. The summed E-state index contributed by atoms with van der Waals surface area (Å²) in [6, 6.07) is 9.39. The summed E-state index contributed by atoms with van der Waals surface area (Å²) in [7, 11) is 0. The summed E-state index contributed by atoms with van der Waals surface area (Å²) in [4.78, 5) is 0. The molecule has 0 amide bonds. The standard InChI is InChI=1S/C10H7ClN2S/c11-9-3-1-2-8(4-9)5-10(6-12)14-7-13/h1-4,10H,5H2. The monoisotopic (exact) mass is 222 g/mol. The molecule has 1 aromatic carbocycles. The molecule has 0 aliphatic heterocycles. The molecular weight excluding hydrogens is 216 g/mol. The van der Waals surface area contributed by atoms with E-state index in [1.54, 1.807) is 6.07 Å². The average Bonchev–Trinajstić information content (AvgIpc) is 2.17. The summed E-state index contributed by atoms with van der Waals surface area (Å²) in [6.45, 7) is 0. The maximum absolute atomic E-state index is 8.73. The van der Waals surface area contributed by atoms with Gasteiger partial charge in [-0.15, -0.1) is 0 Å². The summed E-state index contributed by atoms with van der Waals surface area (Å²) in [5, 5.41) is 19.4. The van der Waals surface area contributed by atoms with Crippen molar-refractivity contribution in [3.8, 4) is 11.5 Å². The van der Waals surface area contributed by atoms with Crippen LogP contribution in [0.3, 0.4) is 0 Å². The molecule has 0 aliphatic carbocycles. The Hall–Kier alpha value is -1.16. The minimum atomic E-state index is -0.321. The van der Waals surface area contributed by atoms with Gasteiger partial charge in [0, 0.05) is 5.02 Å². The lowest BCUT2D eigenvalue weighted by Gasteiger charge is -2.03. The van der Waals surface area contributed by atoms with Gasteiger partial charge in [0.25, 0.3) is 0 Å². The maximum atomic E-state index is 8.73. The third kappa shape index (κ3) is 3.30. The van der Waals surface area contributed by atoms with Crippen LogP contribution in [0.1, 0.15) is 5.56 Å². The Morgan fingerprint density at radius 1 is 1.43 bits per heavy atom. The fourth-order valence-electron chi connectivity index (χ4n) is 1.06. The molecule has 1 unspecified atom stereocenters. The van der Waals surface area contributed by atoms with Crippen molar-refractivity contribution in [2.24, 2.45) is 0 Å². The summed E-state index contributed by atoms with van der Waals surface area (Å²) in [5.74, 6) is 0. The van der Waals surface area contributed by atoms with Gasteiger partial charge in [-0.25, -0.2) is 0 Å². The molecule has 0 radical (unpaired) electrons. The van der Waals surface area contributed by atoms with Crippen molar-refractivity contribution in [2.75, 3.05) is 0 Å². The molecule has 0 saturated heterocycles. The molecule has 0 N–H and O–H groups in total. The van der Waals surface area contributed by atoms with E-state index >= 15 is 0 Å². The Morgan fingerprint density at radius 2 is 2.21 bits per heavy atom. The minimum absolute atomic E-state index is 0.321. The Balaban J connectivity index is 2.69. The van der Waals surface area contributed by atoms with E-state index in [-0.39, 0.29) is 5.25 Å². The highest BCUT2D eigenvalue weighted by atomic mass is 35.5. The van der Waals surface area contributed by atoms with Gasteiger partial charge in [-0.05, 0) is 35.9 Å². The molecule has 0 heterocycles. The Labute approximate surface area is 92.1 Å². The number of nitrogens with zero attached hydrogens (tertiary/aromatic N) is 2. The second-order valence-electron chi connectivity index (χ2n) is 2.66. The van der Waals surface area contributed by atoms with E-state index in [0.29, 0.717) is 11.4 Å². The normalized spacial score (nSPS) is 11.4. The van der Waals surface area contributed by atoms with Crippen LogP contribution in [0.5, 0.6) is 0 Å². The quantitative estimate of drug-likeness (QED) is 0.739. The van der Waals surface area contributed by atoms with Crippen molar-refractivity contribution in [1.82, 2.24) is 0 Å². The van der Waals surface area contributed by atoms with Crippen LogP contribution in [0.4, 0.5) is 0 Å². The molecule has 1 rings (SSSR count). The molecule has 0 bridgehead atoms. The summed E-state index contributed by atoms with van der Waals surface area (Å²) >= 11 is 6.77. The molecule has 70 valence electrons. The van der Waals surface area contributed by atoms with Crippen molar-refractivity contribution >= 4 is 23.4 Å². The van der Waals surface area contributed by atoms with E-state index in [2.05, 4.69) is 6.07 Å². The first-order valence-electron chi connectivity index (χ1n) is 3.95. The Bertz CT molecular complexity index is 392. The van der Waals surface area contributed by atoms with E-state index < -0.39 is 0 Å². The van der Waals surface area contributed by atoms with E-state index in [4.69, 9.17) is 22.1 Å². The van der Waals surface area contributed by atoms with Crippen LogP contribution in [0.2, 0.25) is 5.02 Å². The molecule has 0 fully saturated rings. The van der Waals surface area contributed by atoms with Gasteiger partial charge in [0.15, 0.2) is 0 Å². The van der Waals surface area contributed by atoms with Crippen LogP contribution in [0.15, 0.2) is 24.3 Å². The zero-order chi connectivity index (χ0) is 10.4. The van der Waals surface area contributed by atoms with Crippen LogP contribution in [-0.2, 0) is 6.42 Å². The summed E-state index contributed by atoms with van der Waals surface area (Å²) < 4.78 is 0. The zero-order valence-corrected chi connectivity index (χ0v) is 8.85. The van der Waals surface area contributed by atoms with Gasteiger partial charge in [-0.1, -0.05) is 23.7 Å². The average molecular weight is 223 g/mol. The Kier molecular flexibility index (Phi) is 4.32. The minimum Gasteiger partial charge on any atom is -0.197 e. The zero-order valence-electron chi connectivity index (χ0n) is 7.27. The second-order valence-corrected chi connectivity index (χ2v) is 4.08. The molecule has 4 heteroatoms. The van der Waals surface area contributed by atoms with Gasteiger partial charge in [0.1, 0.15) is 10.7 Å². The number of nitriles is 2. The molecular formula is C10H7ClN2S. The van der Waals surface area contributed by atoms with Crippen molar-refractivity contribution in [3.63, 3.8) is 0 Å². The van der Waals surface area contributed by atoms with Crippen molar-refractivity contribution < 1.29 is 0 Å². The van der Waals surface area contributed by atoms with Gasteiger partial charge < -0.3 is 0 Å². The molecule has 14 heavy (non-hydrogen) atoms. The van der Waals surface area contributed by atoms with E-state index in [0.717, 1.165) is 17.3 Å². The first kappa shape index (κ1) is 10.9.